The molecule has 2 rings (SSSR count). The Morgan fingerprint density at radius 1 is 1.17 bits per heavy atom. The summed E-state index contributed by atoms with van der Waals surface area (Å²) in [5.74, 6) is 0.112. The second kappa shape index (κ2) is 6.59. The molecular weight excluding hydrogens is 308 g/mol. The Hall–Kier alpha value is -2.44. The zero-order valence-corrected chi connectivity index (χ0v) is 15.0. The number of nitrogens with zero attached hydrogens (tertiary/aromatic N) is 3. The molecule has 0 radical (unpaired) electrons. The van der Waals surface area contributed by atoms with E-state index in [4.69, 9.17) is 0 Å². The number of pyridine rings is 1. The van der Waals surface area contributed by atoms with Gasteiger partial charge in [0.05, 0.1) is 5.69 Å². The molecule has 0 bridgehead atoms. The summed E-state index contributed by atoms with van der Waals surface area (Å²) in [5.41, 5.74) is 0.597. The molecule has 0 saturated heterocycles. The third-order valence-electron chi connectivity index (χ3n) is 3.98. The molecule has 2 heterocycles. The lowest BCUT2D eigenvalue weighted by Gasteiger charge is -2.17. The third kappa shape index (κ3) is 3.11. The fourth-order valence-electron chi connectivity index (χ4n) is 2.68. The van der Waals surface area contributed by atoms with Crippen molar-refractivity contribution in [1.29, 1.82) is 0 Å². The molecule has 7 heteroatoms. The number of hydrogen-bond donors (Lipinski definition) is 1. The van der Waals surface area contributed by atoms with Gasteiger partial charge in [0, 0.05) is 26.7 Å². The lowest BCUT2D eigenvalue weighted by Crippen LogP contribution is -2.38. The highest BCUT2D eigenvalue weighted by molar-refractivity contribution is 6.01. The van der Waals surface area contributed by atoms with Gasteiger partial charge < -0.3 is 5.32 Å². The second-order valence-corrected chi connectivity index (χ2v) is 6.79. The zero-order valence-electron chi connectivity index (χ0n) is 15.0. The van der Waals surface area contributed by atoms with Crippen molar-refractivity contribution in [2.45, 2.75) is 40.0 Å². The van der Waals surface area contributed by atoms with Crippen LogP contribution >= 0.6 is 0 Å². The number of nitrogens with one attached hydrogen (secondary N) is 1. The molecule has 2 aromatic rings. The maximum atomic E-state index is 12.7. The first-order valence-corrected chi connectivity index (χ1v) is 8.03. The lowest BCUT2D eigenvalue weighted by atomic mass is 10.0. The molecule has 0 aliphatic heterocycles. The summed E-state index contributed by atoms with van der Waals surface area (Å²) in [6, 6.07) is 0. The SMILES string of the molecule is CC(C)CC(=O)Nc1c(C(C)C)cnc2c1c(=O)n(C)c(=O)n2C. The van der Waals surface area contributed by atoms with E-state index in [1.54, 1.807) is 13.2 Å². The average Bonchev–Trinajstić information content (AvgIpc) is 2.49. The molecule has 0 aromatic carbocycles. The fraction of sp³-hybridized carbons (Fsp3) is 0.529. The monoisotopic (exact) mass is 332 g/mol. The van der Waals surface area contributed by atoms with Gasteiger partial charge in [-0.2, -0.15) is 0 Å². The quantitative estimate of drug-likeness (QED) is 0.924. The first-order valence-electron chi connectivity index (χ1n) is 8.03. The highest BCUT2D eigenvalue weighted by Gasteiger charge is 2.20. The molecule has 2 aromatic heterocycles. The molecule has 0 unspecified atom stereocenters. The number of carbonyl (C=O) groups is 1. The summed E-state index contributed by atoms with van der Waals surface area (Å²) in [4.78, 5) is 41.3. The normalized spacial score (nSPS) is 11.5. The van der Waals surface area contributed by atoms with Crippen LogP contribution in [-0.4, -0.2) is 20.0 Å². The predicted octanol–water partition coefficient (Wildman–Crippen LogP) is 1.74. The van der Waals surface area contributed by atoms with E-state index in [0.29, 0.717) is 12.1 Å². The van der Waals surface area contributed by atoms with E-state index in [1.165, 1.54) is 11.6 Å². The molecule has 0 spiro atoms. The van der Waals surface area contributed by atoms with Gasteiger partial charge in [0.1, 0.15) is 5.39 Å². The minimum atomic E-state index is -0.456. The van der Waals surface area contributed by atoms with Gasteiger partial charge in [0.2, 0.25) is 5.91 Å². The van der Waals surface area contributed by atoms with E-state index >= 15 is 0 Å². The Kier molecular flexibility index (Phi) is 4.91. The van der Waals surface area contributed by atoms with E-state index in [-0.39, 0.29) is 28.8 Å². The minimum absolute atomic E-state index is 0.0678. The number of rotatable bonds is 4. The number of fused-ring (bicyclic) bond motifs is 1. The average molecular weight is 332 g/mol. The van der Waals surface area contributed by atoms with E-state index in [0.717, 1.165) is 10.1 Å². The molecule has 0 aliphatic carbocycles. The van der Waals surface area contributed by atoms with Crippen molar-refractivity contribution in [3.63, 3.8) is 0 Å². The lowest BCUT2D eigenvalue weighted by molar-refractivity contribution is -0.116. The van der Waals surface area contributed by atoms with Gasteiger partial charge in [-0.25, -0.2) is 9.78 Å². The fourth-order valence-corrected chi connectivity index (χ4v) is 2.68. The van der Waals surface area contributed by atoms with Gasteiger partial charge in [-0.15, -0.1) is 0 Å². The van der Waals surface area contributed by atoms with Crippen LogP contribution in [0.5, 0.6) is 0 Å². The topological polar surface area (TPSA) is 86.0 Å². The van der Waals surface area contributed by atoms with E-state index in [2.05, 4.69) is 10.3 Å². The first kappa shape index (κ1) is 17.9. The Morgan fingerprint density at radius 2 is 1.79 bits per heavy atom. The molecule has 7 nitrogen and oxygen atoms in total. The summed E-state index contributed by atoms with van der Waals surface area (Å²) in [6.45, 7) is 7.84. The van der Waals surface area contributed by atoms with Crippen molar-refractivity contribution in [1.82, 2.24) is 14.1 Å². The first-order chi connectivity index (χ1) is 11.1. The molecule has 0 saturated carbocycles. The highest BCUT2D eigenvalue weighted by atomic mass is 16.2. The maximum Gasteiger partial charge on any atom is 0.332 e. The Morgan fingerprint density at radius 3 is 2.33 bits per heavy atom. The highest BCUT2D eigenvalue weighted by Crippen LogP contribution is 2.28. The van der Waals surface area contributed by atoms with Gasteiger partial charge in [0.25, 0.3) is 5.56 Å². The summed E-state index contributed by atoms with van der Waals surface area (Å²) < 4.78 is 2.35. The second-order valence-electron chi connectivity index (χ2n) is 6.79. The molecular formula is C17H24N4O3. The van der Waals surface area contributed by atoms with Gasteiger partial charge in [-0.1, -0.05) is 27.7 Å². The standard InChI is InChI=1S/C17H24N4O3/c1-9(2)7-12(22)19-14-11(10(3)4)8-18-15-13(14)16(23)21(6)17(24)20(15)5/h8-10H,7H2,1-6H3,(H,18,19,22). The van der Waals surface area contributed by atoms with Gasteiger partial charge in [0.15, 0.2) is 5.65 Å². The third-order valence-corrected chi connectivity index (χ3v) is 3.98. The van der Waals surface area contributed by atoms with Crippen molar-refractivity contribution in [3.8, 4) is 0 Å². The summed E-state index contributed by atoms with van der Waals surface area (Å²) in [5, 5.41) is 3.14. The van der Waals surface area contributed by atoms with Gasteiger partial charge in [-0.05, 0) is 17.4 Å². The summed E-state index contributed by atoms with van der Waals surface area (Å²) in [6.07, 6.45) is 1.98. The van der Waals surface area contributed by atoms with Crippen molar-refractivity contribution < 1.29 is 4.79 Å². The molecule has 130 valence electrons. The van der Waals surface area contributed by atoms with Crippen molar-refractivity contribution in [2.75, 3.05) is 5.32 Å². The van der Waals surface area contributed by atoms with Crippen LogP contribution in [0.2, 0.25) is 0 Å². The number of hydrogen-bond acceptors (Lipinski definition) is 4. The van der Waals surface area contributed by atoms with Crippen LogP contribution in [0.25, 0.3) is 11.0 Å². The van der Waals surface area contributed by atoms with E-state index < -0.39 is 11.2 Å². The zero-order chi connectivity index (χ0) is 18.2. The molecule has 0 aliphatic rings. The van der Waals surface area contributed by atoms with Crippen LogP contribution in [0.4, 0.5) is 5.69 Å². The molecule has 1 N–H and O–H groups in total. The maximum absolute atomic E-state index is 12.7. The van der Waals surface area contributed by atoms with Gasteiger partial charge in [-0.3, -0.25) is 18.7 Å². The van der Waals surface area contributed by atoms with Crippen LogP contribution < -0.4 is 16.6 Å². The smallest absolute Gasteiger partial charge is 0.325 e. The number of anilines is 1. The Balaban J connectivity index is 2.82. The molecule has 0 fully saturated rings. The predicted molar refractivity (Wildman–Crippen MR) is 94.4 cm³/mol. The van der Waals surface area contributed by atoms with E-state index in [1.807, 2.05) is 27.7 Å². The number of aromatic nitrogens is 3. The van der Waals surface area contributed by atoms with Crippen LogP contribution in [0, 0.1) is 5.92 Å². The Bertz CT molecular complexity index is 907. The van der Waals surface area contributed by atoms with Gasteiger partial charge >= 0.3 is 5.69 Å². The minimum Gasteiger partial charge on any atom is -0.325 e. The van der Waals surface area contributed by atoms with Crippen LogP contribution in [0.15, 0.2) is 15.8 Å². The van der Waals surface area contributed by atoms with Crippen LogP contribution in [-0.2, 0) is 18.9 Å². The Labute approximate surface area is 140 Å². The molecule has 1 amide bonds. The largest absolute Gasteiger partial charge is 0.332 e. The number of aryl methyl sites for hydroxylation is 1. The van der Waals surface area contributed by atoms with E-state index in [9.17, 15) is 14.4 Å². The van der Waals surface area contributed by atoms with Crippen molar-refractivity contribution >= 4 is 22.6 Å². The summed E-state index contributed by atoms with van der Waals surface area (Å²) >= 11 is 0. The number of carbonyl (C=O) groups excluding carboxylic acids is 1. The number of amides is 1. The van der Waals surface area contributed by atoms with Crippen LogP contribution in [0.1, 0.15) is 45.6 Å². The summed E-state index contributed by atoms with van der Waals surface area (Å²) in [7, 11) is 2.98. The van der Waals surface area contributed by atoms with Crippen molar-refractivity contribution in [2.24, 2.45) is 20.0 Å². The van der Waals surface area contributed by atoms with Crippen molar-refractivity contribution in [3.05, 3.63) is 32.6 Å². The molecule has 0 atom stereocenters. The van der Waals surface area contributed by atoms with Crippen LogP contribution in [0.3, 0.4) is 0 Å². The molecule has 24 heavy (non-hydrogen) atoms.